The van der Waals surface area contributed by atoms with E-state index < -0.39 is 29.8 Å². The quantitative estimate of drug-likeness (QED) is 0.661. The Morgan fingerprint density at radius 3 is 2.35 bits per heavy atom. The molecule has 0 spiro atoms. The largest absolute Gasteiger partial charge is 0.461 e. The molecule has 0 fully saturated rings. The number of carbonyl (C=O) groups is 1. The van der Waals surface area contributed by atoms with Crippen molar-refractivity contribution >= 4 is 6.03 Å². The smallest absolute Gasteiger partial charge is 0.243 e. The first-order chi connectivity index (χ1) is 12.2. The van der Waals surface area contributed by atoms with E-state index in [0.29, 0.717) is 14.9 Å². The van der Waals surface area contributed by atoms with Crippen LogP contribution in [0.25, 0.3) is 0 Å². The summed E-state index contributed by atoms with van der Waals surface area (Å²) in [6.45, 7) is 0. The van der Waals surface area contributed by atoms with Crippen LogP contribution in [0, 0.1) is 0 Å². The molecule has 1 aromatic carbocycles. The molecule has 0 aliphatic rings. The number of benzene rings is 1. The summed E-state index contributed by atoms with van der Waals surface area (Å²) in [5, 5.41) is 6.62. The molecule has 0 radical (unpaired) electrons. The van der Waals surface area contributed by atoms with Gasteiger partial charge in [-0.2, -0.15) is 36.4 Å². The molecule has 3 rings (SSSR count). The van der Waals surface area contributed by atoms with Gasteiger partial charge in [0.05, 0.1) is 0 Å². The molecule has 0 unspecified atom stereocenters. The minimum Gasteiger partial charge on any atom is -0.243 e. The van der Waals surface area contributed by atoms with Crippen LogP contribution >= 0.6 is 0 Å². The summed E-state index contributed by atoms with van der Waals surface area (Å²) >= 11 is 0. The summed E-state index contributed by atoms with van der Waals surface area (Å²) in [5.41, 5.74) is 0.536. The van der Waals surface area contributed by atoms with Gasteiger partial charge in [-0.1, -0.05) is 30.3 Å². The van der Waals surface area contributed by atoms with Crippen molar-refractivity contribution in [2.45, 2.75) is 18.5 Å². The minimum absolute atomic E-state index is 0.192. The third kappa shape index (κ3) is 3.17. The van der Waals surface area contributed by atoms with Gasteiger partial charge in [-0.3, -0.25) is 0 Å². The zero-order valence-corrected chi connectivity index (χ0v) is 12.7. The summed E-state index contributed by atoms with van der Waals surface area (Å²) in [5.74, 6) is -7.52. The Labute approximate surface area is 142 Å². The van der Waals surface area contributed by atoms with E-state index in [9.17, 15) is 26.7 Å². The fraction of sp³-hybridized carbons (Fsp3) is 0.214. The first kappa shape index (κ1) is 17.6. The second kappa shape index (κ2) is 6.28. The molecule has 12 heteroatoms. The number of carbonyl (C=O) groups excluding carboxylic acids is 1. The number of aromatic nitrogens is 6. The topological polar surface area (TPSA) is 78.5 Å². The maximum absolute atomic E-state index is 13.6. The van der Waals surface area contributed by atoms with E-state index in [1.165, 1.54) is 0 Å². The van der Waals surface area contributed by atoms with E-state index >= 15 is 0 Å². The Hall–Kier alpha value is -3.18. The molecule has 136 valence electrons. The molecule has 0 aliphatic carbocycles. The molecular formula is C14H9F5N6O. The number of hydrogen-bond donors (Lipinski definition) is 0. The van der Waals surface area contributed by atoms with Crippen molar-refractivity contribution in [3.63, 3.8) is 0 Å². The Balaban J connectivity index is 2.07. The van der Waals surface area contributed by atoms with E-state index in [1.54, 1.807) is 30.3 Å². The van der Waals surface area contributed by atoms with Gasteiger partial charge in [-0.05, 0) is 5.56 Å². The van der Waals surface area contributed by atoms with Gasteiger partial charge in [0.2, 0.25) is 5.82 Å². The highest BCUT2D eigenvalue weighted by molar-refractivity contribution is 5.77. The normalized spacial score (nSPS) is 12.3. The molecule has 26 heavy (non-hydrogen) atoms. The highest BCUT2D eigenvalue weighted by atomic mass is 19.4. The third-order valence-electron chi connectivity index (χ3n) is 3.31. The van der Waals surface area contributed by atoms with Gasteiger partial charge in [0.1, 0.15) is 18.5 Å². The van der Waals surface area contributed by atoms with Crippen molar-refractivity contribution in [1.29, 1.82) is 0 Å². The summed E-state index contributed by atoms with van der Waals surface area (Å²) in [4.78, 5) is 19.1. The SMILES string of the molecule is O=C(n1cncn1)n1nc(C(F)(F)C(F)(F)F)nc1Cc1ccccc1. The van der Waals surface area contributed by atoms with Crippen LogP contribution in [-0.2, 0) is 12.3 Å². The highest BCUT2D eigenvalue weighted by Crippen LogP contribution is 2.42. The van der Waals surface area contributed by atoms with Crippen LogP contribution in [0.1, 0.15) is 17.2 Å². The van der Waals surface area contributed by atoms with Gasteiger partial charge in [0, 0.05) is 6.42 Å². The van der Waals surface area contributed by atoms with E-state index in [2.05, 4.69) is 20.2 Å². The minimum atomic E-state index is -5.90. The predicted octanol–water partition coefficient (Wildman–Crippen LogP) is 2.63. The number of hydrogen-bond acceptors (Lipinski definition) is 5. The fourth-order valence-electron chi connectivity index (χ4n) is 2.05. The molecule has 3 aromatic rings. The number of nitrogens with zero attached hydrogens (tertiary/aromatic N) is 6. The van der Waals surface area contributed by atoms with Gasteiger partial charge in [-0.25, -0.2) is 14.8 Å². The van der Waals surface area contributed by atoms with Gasteiger partial charge < -0.3 is 0 Å². The predicted molar refractivity (Wildman–Crippen MR) is 75.4 cm³/mol. The van der Waals surface area contributed by atoms with Crippen molar-refractivity contribution < 1.29 is 26.7 Å². The molecule has 0 bridgehead atoms. The Morgan fingerprint density at radius 2 is 1.77 bits per heavy atom. The van der Waals surface area contributed by atoms with Crippen molar-refractivity contribution in [3.8, 4) is 0 Å². The van der Waals surface area contributed by atoms with E-state index in [1.807, 2.05) is 0 Å². The van der Waals surface area contributed by atoms with E-state index in [4.69, 9.17) is 0 Å². The van der Waals surface area contributed by atoms with Crippen molar-refractivity contribution in [3.05, 3.63) is 60.2 Å². The summed E-state index contributed by atoms with van der Waals surface area (Å²) < 4.78 is 66.0. The maximum atomic E-state index is 13.6. The van der Waals surface area contributed by atoms with Crippen LogP contribution < -0.4 is 0 Å². The lowest BCUT2D eigenvalue weighted by atomic mass is 10.1. The first-order valence-electron chi connectivity index (χ1n) is 7.04. The monoisotopic (exact) mass is 372 g/mol. The maximum Gasteiger partial charge on any atom is 0.461 e. The van der Waals surface area contributed by atoms with Crippen molar-refractivity contribution in [1.82, 2.24) is 29.5 Å². The molecule has 2 heterocycles. The number of halogens is 5. The van der Waals surface area contributed by atoms with Crippen LogP contribution in [0.5, 0.6) is 0 Å². The second-order valence-corrected chi connectivity index (χ2v) is 5.12. The average molecular weight is 372 g/mol. The fourth-order valence-corrected chi connectivity index (χ4v) is 2.05. The zero-order chi connectivity index (χ0) is 18.9. The Kier molecular flexibility index (Phi) is 4.26. The summed E-state index contributed by atoms with van der Waals surface area (Å²) in [6, 6.07) is 7.07. The van der Waals surface area contributed by atoms with E-state index in [0.717, 1.165) is 12.7 Å². The van der Waals surface area contributed by atoms with Crippen LogP contribution in [0.4, 0.5) is 26.7 Å². The van der Waals surface area contributed by atoms with Crippen LogP contribution in [0.2, 0.25) is 0 Å². The number of alkyl halides is 5. The summed E-state index contributed by atoms with van der Waals surface area (Å²) in [6.07, 6.45) is -4.14. The lowest BCUT2D eigenvalue weighted by Crippen LogP contribution is -2.35. The van der Waals surface area contributed by atoms with Crippen molar-refractivity contribution in [2.24, 2.45) is 0 Å². The number of rotatable bonds is 3. The molecule has 0 atom stereocenters. The molecule has 0 saturated carbocycles. The molecule has 0 amide bonds. The third-order valence-corrected chi connectivity index (χ3v) is 3.31. The molecule has 2 aromatic heterocycles. The molecule has 7 nitrogen and oxygen atoms in total. The standard InChI is InChI=1S/C14H9F5N6O/c15-13(16,14(17,18)19)11-22-10(6-9-4-2-1-3-5-9)25(23-11)12(26)24-8-20-7-21-24/h1-5,7-8H,6H2. The van der Waals surface area contributed by atoms with Crippen LogP contribution in [0.15, 0.2) is 43.0 Å². The van der Waals surface area contributed by atoms with Gasteiger partial charge in [-0.15, -0.1) is 5.10 Å². The first-order valence-corrected chi connectivity index (χ1v) is 7.04. The molecular weight excluding hydrogens is 363 g/mol. The van der Waals surface area contributed by atoms with Crippen molar-refractivity contribution in [2.75, 3.05) is 0 Å². The highest BCUT2D eigenvalue weighted by Gasteiger charge is 2.62. The second-order valence-electron chi connectivity index (χ2n) is 5.12. The summed E-state index contributed by atoms with van der Waals surface area (Å²) in [7, 11) is 0. The lowest BCUT2D eigenvalue weighted by molar-refractivity contribution is -0.292. The van der Waals surface area contributed by atoms with Crippen LogP contribution in [0.3, 0.4) is 0 Å². The Bertz CT molecular complexity index is 904. The van der Waals surface area contributed by atoms with E-state index in [-0.39, 0.29) is 6.42 Å². The molecule has 0 N–H and O–H groups in total. The molecule has 0 saturated heterocycles. The van der Waals surface area contributed by atoms with Crippen LogP contribution in [-0.4, -0.2) is 41.7 Å². The van der Waals surface area contributed by atoms with Gasteiger partial charge >= 0.3 is 18.1 Å². The lowest BCUT2D eigenvalue weighted by Gasteiger charge is -2.15. The molecule has 0 aliphatic heterocycles. The van der Waals surface area contributed by atoms with Gasteiger partial charge in [0.25, 0.3) is 0 Å². The average Bonchev–Trinajstić information content (AvgIpc) is 3.24. The Morgan fingerprint density at radius 1 is 1.08 bits per heavy atom. The van der Waals surface area contributed by atoms with Gasteiger partial charge in [0.15, 0.2) is 0 Å². The zero-order valence-electron chi connectivity index (χ0n) is 12.7.